The van der Waals surface area contributed by atoms with E-state index >= 15 is 0 Å². The number of imidazole rings is 1. The molecule has 1 aliphatic heterocycles. The van der Waals surface area contributed by atoms with Crippen LogP contribution in [0.25, 0.3) is 5.69 Å². The van der Waals surface area contributed by atoms with Crippen molar-refractivity contribution in [3.63, 3.8) is 0 Å². The van der Waals surface area contributed by atoms with Gasteiger partial charge in [0.2, 0.25) is 0 Å². The van der Waals surface area contributed by atoms with Crippen LogP contribution in [0.2, 0.25) is 0 Å². The van der Waals surface area contributed by atoms with E-state index in [0.29, 0.717) is 11.5 Å². The Bertz CT molecular complexity index is 1370. The van der Waals surface area contributed by atoms with Gasteiger partial charge in [-0.15, -0.1) is 0 Å². The molecular formula is C32H39N5O. The molecule has 0 bridgehead atoms. The Morgan fingerprint density at radius 2 is 2.03 bits per heavy atom. The zero-order valence-electron chi connectivity index (χ0n) is 22.8. The van der Waals surface area contributed by atoms with Crippen LogP contribution in [0.15, 0.2) is 72.7 Å². The first kappa shape index (κ1) is 26.1. The van der Waals surface area contributed by atoms with E-state index in [1.54, 1.807) is 0 Å². The second-order valence-corrected chi connectivity index (χ2v) is 11.0. The molecule has 5 rings (SSSR count). The molecule has 1 fully saturated rings. The van der Waals surface area contributed by atoms with Crippen molar-refractivity contribution in [2.45, 2.75) is 59.0 Å². The third-order valence-corrected chi connectivity index (χ3v) is 7.78. The van der Waals surface area contributed by atoms with E-state index in [1.165, 1.54) is 16.7 Å². The summed E-state index contributed by atoms with van der Waals surface area (Å²) < 4.78 is 2.01. The number of benzene rings is 2. The van der Waals surface area contributed by atoms with Crippen LogP contribution in [0.4, 0.5) is 5.69 Å². The lowest BCUT2D eigenvalue weighted by molar-refractivity contribution is 0.102. The van der Waals surface area contributed by atoms with Gasteiger partial charge in [-0.2, -0.15) is 0 Å². The quantitative estimate of drug-likeness (QED) is 0.427. The van der Waals surface area contributed by atoms with Gasteiger partial charge in [-0.25, -0.2) is 4.98 Å². The van der Waals surface area contributed by atoms with Gasteiger partial charge in [0.1, 0.15) is 0 Å². The van der Waals surface area contributed by atoms with Gasteiger partial charge in [0, 0.05) is 42.3 Å². The molecule has 0 radical (unpaired) electrons. The molecule has 198 valence electrons. The Morgan fingerprint density at radius 3 is 2.76 bits per heavy atom. The largest absolute Gasteiger partial charge is 0.327 e. The number of allylic oxidation sites excluding steroid dienone is 4. The molecule has 1 amide bonds. The number of carbonyl (C=O) groups is 1. The van der Waals surface area contributed by atoms with Gasteiger partial charge in [-0.3, -0.25) is 9.69 Å². The molecule has 2 heterocycles. The third-order valence-electron chi connectivity index (χ3n) is 7.78. The Morgan fingerprint density at radius 1 is 1.16 bits per heavy atom. The van der Waals surface area contributed by atoms with E-state index in [1.807, 2.05) is 42.2 Å². The Labute approximate surface area is 226 Å². The molecule has 6 nitrogen and oxygen atoms in total. The molecule has 38 heavy (non-hydrogen) atoms. The summed E-state index contributed by atoms with van der Waals surface area (Å²) in [6.07, 6.45) is 14.6. The number of hydrogen-bond acceptors (Lipinski definition) is 4. The molecule has 2 aliphatic rings. The number of anilines is 1. The molecule has 3 aromatic rings. The van der Waals surface area contributed by atoms with Crippen molar-refractivity contribution < 1.29 is 4.79 Å². The standard InChI is InChI=1S/C32H39N5O/c1-22-9-10-27(16-28(22)13-25-7-5-4-6-8-25)32(38)35-29-14-26(20-36-12-11-31(33)23(2)18-36)15-30(17-29)37-19-24(3)34-21-37/h5,7-10,14-17,19,21,23,31H,4,6,11-13,18,20,33H2,1-3H3,(H,35,38). The van der Waals surface area contributed by atoms with Gasteiger partial charge in [-0.05, 0) is 105 Å². The summed E-state index contributed by atoms with van der Waals surface area (Å²) in [4.78, 5) is 20.3. The molecule has 2 unspecified atom stereocenters. The maximum Gasteiger partial charge on any atom is 0.255 e. The molecule has 2 atom stereocenters. The Balaban J connectivity index is 1.38. The van der Waals surface area contributed by atoms with E-state index in [4.69, 9.17) is 5.73 Å². The minimum absolute atomic E-state index is 0.0955. The van der Waals surface area contributed by atoms with Crippen molar-refractivity contribution in [1.82, 2.24) is 14.5 Å². The van der Waals surface area contributed by atoms with Crippen molar-refractivity contribution in [3.05, 3.63) is 101 Å². The van der Waals surface area contributed by atoms with Gasteiger partial charge < -0.3 is 15.6 Å². The first-order valence-corrected chi connectivity index (χ1v) is 13.7. The van der Waals surface area contributed by atoms with Crippen LogP contribution in [0.1, 0.15) is 58.9 Å². The average Bonchev–Trinajstić information content (AvgIpc) is 3.34. The molecular weight excluding hydrogens is 470 g/mol. The minimum Gasteiger partial charge on any atom is -0.327 e. The fourth-order valence-corrected chi connectivity index (χ4v) is 5.43. The number of likely N-dealkylation sites (tertiary alicyclic amines) is 1. The van der Waals surface area contributed by atoms with Crippen LogP contribution < -0.4 is 11.1 Å². The SMILES string of the molecule is Cc1cn(-c2cc(CN3CCC(N)C(C)C3)cc(NC(=O)c3ccc(C)c(CC4=CCCC=C4)c3)c2)cn1. The number of aryl methyl sites for hydroxylation is 2. The summed E-state index contributed by atoms with van der Waals surface area (Å²) in [6.45, 7) is 9.11. The number of rotatable bonds is 7. The summed E-state index contributed by atoms with van der Waals surface area (Å²) in [6, 6.07) is 12.6. The Hall–Kier alpha value is -3.48. The number of aromatic nitrogens is 2. The number of nitrogens with one attached hydrogen (secondary N) is 1. The lowest BCUT2D eigenvalue weighted by atomic mass is 9.94. The lowest BCUT2D eigenvalue weighted by Crippen LogP contribution is -2.45. The van der Waals surface area contributed by atoms with Crippen LogP contribution in [-0.2, 0) is 13.0 Å². The van der Waals surface area contributed by atoms with Crippen molar-refractivity contribution >= 4 is 11.6 Å². The maximum atomic E-state index is 13.4. The first-order valence-electron chi connectivity index (χ1n) is 13.7. The van der Waals surface area contributed by atoms with E-state index < -0.39 is 0 Å². The monoisotopic (exact) mass is 509 g/mol. The van der Waals surface area contributed by atoms with Crippen LogP contribution in [0, 0.1) is 19.8 Å². The highest BCUT2D eigenvalue weighted by molar-refractivity contribution is 6.04. The Kier molecular flexibility index (Phi) is 7.91. The van der Waals surface area contributed by atoms with Crippen molar-refractivity contribution in [3.8, 4) is 5.69 Å². The fourth-order valence-electron chi connectivity index (χ4n) is 5.43. The summed E-state index contributed by atoms with van der Waals surface area (Å²) in [7, 11) is 0. The molecule has 1 aromatic heterocycles. The number of carbonyl (C=O) groups excluding carboxylic acids is 1. The highest BCUT2D eigenvalue weighted by Gasteiger charge is 2.23. The van der Waals surface area contributed by atoms with Gasteiger partial charge in [-0.1, -0.05) is 31.2 Å². The van der Waals surface area contributed by atoms with Crippen LogP contribution >= 0.6 is 0 Å². The second kappa shape index (κ2) is 11.5. The van der Waals surface area contributed by atoms with Gasteiger partial charge >= 0.3 is 0 Å². The minimum atomic E-state index is -0.0955. The second-order valence-electron chi connectivity index (χ2n) is 11.0. The lowest BCUT2D eigenvalue weighted by Gasteiger charge is -2.35. The highest BCUT2D eigenvalue weighted by Crippen LogP contribution is 2.24. The maximum absolute atomic E-state index is 13.4. The van der Waals surface area contributed by atoms with E-state index in [0.717, 1.165) is 67.9 Å². The molecule has 6 heteroatoms. The van der Waals surface area contributed by atoms with Crippen molar-refractivity contribution in [1.29, 1.82) is 0 Å². The zero-order chi connectivity index (χ0) is 26.6. The van der Waals surface area contributed by atoms with E-state index in [2.05, 4.69) is 65.5 Å². The molecule has 1 saturated heterocycles. The highest BCUT2D eigenvalue weighted by atomic mass is 16.1. The predicted molar refractivity (Wildman–Crippen MR) is 155 cm³/mol. The summed E-state index contributed by atoms with van der Waals surface area (Å²) in [5, 5.41) is 3.18. The van der Waals surface area contributed by atoms with E-state index in [-0.39, 0.29) is 11.9 Å². The van der Waals surface area contributed by atoms with Gasteiger partial charge in [0.05, 0.1) is 12.0 Å². The molecule has 3 N–H and O–H groups in total. The summed E-state index contributed by atoms with van der Waals surface area (Å²) in [5.41, 5.74) is 14.5. The number of hydrogen-bond donors (Lipinski definition) is 2. The van der Waals surface area contributed by atoms with Crippen LogP contribution in [0.5, 0.6) is 0 Å². The third kappa shape index (κ3) is 6.32. The first-order chi connectivity index (χ1) is 18.3. The number of amides is 1. The molecule has 0 spiro atoms. The smallest absolute Gasteiger partial charge is 0.255 e. The molecule has 1 aliphatic carbocycles. The summed E-state index contributed by atoms with van der Waals surface area (Å²) in [5.74, 6) is 0.375. The van der Waals surface area contributed by atoms with Crippen LogP contribution in [0.3, 0.4) is 0 Å². The van der Waals surface area contributed by atoms with Gasteiger partial charge in [0.25, 0.3) is 5.91 Å². The van der Waals surface area contributed by atoms with E-state index in [9.17, 15) is 4.79 Å². The topological polar surface area (TPSA) is 76.2 Å². The summed E-state index contributed by atoms with van der Waals surface area (Å²) >= 11 is 0. The molecule has 0 saturated carbocycles. The van der Waals surface area contributed by atoms with Gasteiger partial charge in [0.15, 0.2) is 0 Å². The average molecular weight is 510 g/mol. The van der Waals surface area contributed by atoms with Crippen molar-refractivity contribution in [2.75, 3.05) is 18.4 Å². The van der Waals surface area contributed by atoms with Crippen molar-refractivity contribution in [2.24, 2.45) is 11.7 Å². The number of nitrogens with two attached hydrogens (primary N) is 1. The fraction of sp³-hybridized carbons (Fsp3) is 0.375. The zero-order valence-corrected chi connectivity index (χ0v) is 22.8. The molecule has 2 aromatic carbocycles. The number of piperidine rings is 1. The predicted octanol–water partition coefficient (Wildman–Crippen LogP) is 5.73. The normalized spacial score (nSPS) is 19.8. The number of nitrogens with zero attached hydrogens (tertiary/aromatic N) is 3. The van der Waals surface area contributed by atoms with Crippen LogP contribution in [-0.4, -0.2) is 39.5 Å².